The van der Waals surface area contributed by atoms with E-state index in [9.17, 15) is 0 Å². The predicted octanol–water partition coefficient (Wildman–Crippen LogP) is 1.34. The summed E-state index contributed by atoms with van der Waals surface area (Å²) >= 11 is 2.04. The fourth-order valence-electron chi connectivity index (χ4n) is 1.63. The highest BCUT2D eigenvalue weighted by molar-refractivity contribution is 8.00. The first-order valence-corrected chi connectivity index (χ1v) is 5.69. The summed E-state index contributed by atoms with van der Waals surface area (Å²) in [6.07, 6.45) is 3.69. The number of aliphatic hydroxyl groups excluding tert-OH is 1. The molecule has 72 valence electrons. The van der Waals surface area contributed by atoms with Crippen LogP contribution >= 0.6 is 11.8 Å². The summed E-state index contributed by atoms with van der Waals surface area (Å²) in [6.45, 7) is 0.0603. The van der Waals surface area contributed by atoms with Crippen LogP contribution in [0.3, 0.4) is 0 Å². The van der Waals surface area contributed by atoms with Gasteiger partial charge in [0.15, 0.2) is 0 Å². The summed E-state index contributed by atoms with van der Waals surface area (Å²) in [5.41, 5.74) is 1.90. The number of hydrogen-bond acceptors (Lipinski definition) is 3. The van der Waals surface area contributed by atoms with Crippen LogP contribution in [0.4, 0.5) is 0 Å². The van der Waals surface area contributed by atoms with E-state index >= 15 is 0 Å². The lowest BCUT2D eigenvalue weighted by atomic mass is 10.1. The summed E-state index contributed by atoms with van der Waals surface area (Å²) in [4.78, 5) is 0. The van der Waals surface area contributed by atoms with Crippen molar-refractivity contribution in [2.75, 3.05) is 5.75 Å². The molecule has 0 aromatic carbocycles. The molecule has 1 saturated heterocycles. The minimum absolute atomic E-state index is 0.0603. The third-order valence-corrected chi connectivity index (χ3v) is 3.71. The summed E-state index contributed by atoms with van der Waals surface area (Å²) in [6, 6.07) is 1.96. The monoisotopic (exact) mass is 198 g/mol. The number of H-pyrrole nitrogens is 1. The molecule has 0 saturated carbocycles. The lowest BCUT2D eigenvalue weighted by Crippen LogP contribution is -2.01. The van der Waals surface area contributed by atoms with E-state index in [1.807, 2.05) is 17.8 Å². The van der Waals surface area contributed by atoms with Gasteiger partial charge in [-0.3, -0.25) is 5.10 Å². The highest BCUT2D eigenvalue weighted by Gasteiger charge is 2.17. The molecule has 3 nitrogen and oxygen atoms in total. The first kappa shape index (κ1) is 9.09. The topological polar surface area (TPSA) is 48.9 Å². The van der Waals surface area contributed by atoms with Crippen LogP contribution in [0, 0.1) is 0 Å². The molecule has 1 atom stereocenters. The van der Waals surface area contributed by atoms with Crippen LogP contribution in [-0.2, 0) is 13.0 Å². The molecule has 1 unspecified atom stereocenters. The van der Waals surface area contributed by atoms with Gasteiger partial charge in [0.25, 0.3) is 0 Å². The van der Waals surface area contributed by atoms with Crippen molar-refractivity contribution < 1.29 is 5.11 Å². The fraction of sp³-hybridized carbons (Fsp3) is 0.667. The number of nitrogens with one attached hydrogen (secondary N) is 1. The van der Waals surface area contributed by atoms with Crippen molar-refractivity contribution in [3.05, 3.63) is 17.5 Å². The molecule has 0 amide bonds. The van der Waals surface area contributed by atoms with E-state index < -0.39 is 0 Å². The van der Waals surface area contributed by atoms with Gasteiger partial charge in [0, 0.05) is 11.7 Å². The molecule has 1 fully saturated rings. The third-order valence-electron chi connectivity index (χ3n) is 2.32. The van der Waals surface area contributed by atoms with Crippen molar-refractivity contribution in [1.82, 2.24) is 10.2 Å². The molecule has 2 N–H and O–H groups in total. The zero-order valence-electron chi connectivity index (χ0n) is 7.49. The number of nitrogens with zero attached hydrogens (tertiary/aromatic N) is 1. The van der Waals surface area contributed by atoms with Crippen molar-refractivity contribution in [3.63, 3.8) is 0 Å². The molecular formula is C9H14N2OS. The third kappa shape index (κ3) is 2.25. The normalized spacial score (nSPS) is 22.4. The SMILES string of the molecule is OCc1cc(CC2CCCS2)n[nH]1. The zero-order valence-corrected chi connectivity index (χ0v) is 8.31. The van der Waals surface area contributed by atoms with Crippen LogP contribution in [0.1, 0.15) is 24.2 Å². The average Bonchev–Trinajstić information content (AvgIpc) is 2.76. The molecule has 0 radical (unpaired) electrons. The maximum atomic E-state index is 8.84. The first-order valence-electron chi connectivity index (χ1n) is 4.64. The van der Waals surface area contributed by atoms with Crippen LogP contribution in [0.2, 0.25) is 0 Å². The molecule has 1 aromatic rings. The summed E-state index contributed by atoms with van der Waals surface area (Å²) in [7, 11) is 0. The van der Waals surface area contributed by atoms with Crippen LogP contribution in [0.15, 0.2) is 6.07 Å². The average molecular weight is 198 g/mol. The number of aliphatic hydroxyl groups is 1. The molecule has 4 heteroatoms. The Morgan fingerprint density at radius 1 is 1.69 bits per heavy atom. The molecule has 0 aliphatic carbocycles. The van der Waals surface area contributed by atoms with Gasteiger partial charge in [0.05, 0.1) is 18.0 Å². The van der Waals surface area contributed by atoms with Gasteiger partial charge in [0.2, 0.25) is 0 Å². The van der Waals surface area contributed by atoms with Crippen molar-refractivity contribution >= 4 is 11.8 Å². The van der Waals surface area contributed by atoms with Crippen molar-refractivity contribution in [1.29, 1.82) is 0 Å². The number of aromatic nitrogens is 2. The standard InChI is InChI=1S/C9H14N2OS/c12-6-8-4-7(10-11-8)5-9-2-1-3-13-9/h4,9,12H,1-3,5-6H2,(H,10,11). The van der Waals surface area contributed by atoms with Crippen LogP contribution in [-0.4, -0.2) is 26.3 Å². The zero-order chi connectivity index (χ0) is 9.10. The van der Waals surface area contributed by atoms with Gasteiger partial charge >= 0.3 is 0 Å². The Hall–Kier alpha value is -0.480. The minimum atomic E-state index is 0.0603. The Morgan fingerprint density at radius 2 is 2.62 bits per heavy atom. The predicted molar refractivity (Wildman–Crippen MR) is 53.7 cm³/mol. The molecule has 2 rings (SSSR count). The van der Waals surface area contributed by atoms with E-state index in [1.165, 1.54) is 18.6 Å². The van der Waals surface area contributed by atoms with E-state index in [2.05, 4.69) is 10.2 Å². The number of rotatable bonds is 3. The van der Waals surface area contributed by atoms with Gasteiger partial charge in [0.1, 0.15) is 0 Å². The van der Waals surface area contributed by atoms with E-state index in [0.717, 1.165) is 23.1 Å². The van der Waals surface area contributed by atoms with Crippen molar-refractivity contribution in [2.24, 2.45) is 0 Å². The maximum absolute atomic E-state index is 8.84. The van der Waals surface area contributed by atoms with E-state index in [-0.39, 0.29) is 6.61 Å². The highest BCUT2D eigenvalue weighted by Crippen LogP contribution is 2.28. The largest absolute Gasteiger partial charge is 0.390 e. The molecule has 1 aliphatic heterocycles. The molecule has 1 aromatic heterocycles. The van der Waals surface area contributed by atoms with Gasteiger partial charge in [-0.05, 0) is 24.7 Å². The number of thioether (sulfide) groups is 1. The first-order chi connectivity index (χ1) is 6.38. The Morgan fingerprint density at radius 3 is 3.23 bits per heavy atom. The van der Waals surface area contributed by atoms with Gasteiger partial charge in [-0.1, -0.05) is 0 Å². The molecule has 2 heterocycles. The quantitative estimate of drug-likeness (QED) is 0.770. The Bertz CT molecular complexity index is 268. The summed E-state index contributed by atoms with van der Waals surface area (Å²) in [5.74, 6) is 1.29. The Labute approximate surface area is 81.9 Å². The van der Waals surface area contributed by atoms with Gasteiger partial charge in [-0.25, -0.2) is 0 Å². The van der Waals surface area contributed by atoms with Crippen molar-refractivity contribution in [3.8, 4) is 0 Å². The van der Waals surface area contributed by atoms with Gasteiger partial charge < -0.3 is 5.11 Å². The smallest absolute Gasteiger partial charge is 0.0847 e. The summed E-state index contributed by atoms with van der Waals surface area (Å²) in [5, 5.41) is 16.6. The highest BCUT2D eigenvalue weighted by atomic mass is 32.2. The van der Waals surface area contributed by atoms with Crippen LogP contribution in [0.25, 0.3) is 0 Å². The molecule has 0 bridgehead atoms. The van der Waals surface area contributed by atoms with E-state index in [1.54, 1.807) is 0 Å². The fourth-order valence-corrected chi connectivity index (χ4v) is 2.92. The van der Waals surface area contributed by atoms with Crippen LogP contribution in [0.5, 0.6) is 0 Å². The lowest BCUT2D eigenvalue weighted by Gasteiger charge is -2.03. The molecule has 0 spiro atoms. The second-order valence-corrected chi connectivity index (χ2v) is 4.79. The Balaban J connectivity index is 1.92. The molecule has 1 aliphatic rings. The second kappa shape index (κ2) is 4.15. The lowest BCUT2D eigenvalue weighted by molar-refractivity contribution is 0.276. The van der Waals surface area contributed by atoms with E-state index in [0.29, 0.717) is 0 Å². The van der Waals surface area contributed by atoms with Crippen LogP contribution < -0.4 is 0 Å². The number of aromatic amines is 1. The number of hydrogen-bond donors (Lipinski definition) is 2. The van der Waals surface area contributed by atoms with Gasteiger partial charge in [-0.15, -0.1) is 0 Å². The second-order valence-electron chi connectivity index (χ2n) is 3.38. The minimum Gasteiger partial charge on any atom is -0.390 e. The molecule has 13 heavy (non-hydrogen) atoms. The Kier molecular flexibility index (Phi) is 2.90. The molecular weight excluding hydrogens is 184 g/mol. The van der Waals surface area contributed by atoms with Crippen molar-refractivity contribution in [2.45, 2.75) is 31.1 Å². The summed E-state index contributed by atoms with van der Waals surface area (Å²) < 4.78 is 0. The van der Waals surface area contributed by atoms with Gasteiger partial charge in [-0.2, -0.15) is 16.9 Å². The maximum Gasteiger partial charge on any atom is 0.0847 e. The van der Waals surface area contributed by atoms with E-state index in [4.69, 9.17) is 5.11 Å².